The van der Waals surface area contributed by atoms with Crippen molar-refractivity contribution in [2.24, 2.45) is 5.92 Å². The van der Waals surface area contributed by atoms with Crippen molar-refractivity contribution in [3.8, 4) is 5.75 Å². The molecule has 0 bridgehead atoms. The predicted molar refractivity (Wildman–Crippen MR) is 143 cm³/mol. The van der Waals surface area contributed by atoms with E-state index in [4.69, 9.17) is 9.47 Å². The van der Waals surface area contributed by atoms with Gasteiger partial charge in [-0.3, -0.25) is 14.5 Å². The average molecular weight is 529 g/mol. The highest BCUT2D eigenvalue weighted by Gasteiger charge is 2.49. The number of nitrogens with zero attached hydrogens (tertiary/aromatic N) is 2. The number of rotatable bonds is 9. The number of likely N-dealkylation sites (tertiary alicyclic amines) is 1. The summed E-state index contributed by atoms with van der Waals surface area (Å²) < 4.78 is 28.2. The molecule has 0 aliphatic carbocycles. The smallest absolute Gasteiger partial charge is 0.248 e. The molecule has 0 spiro atoms. The number of fused-ring (bicyclic) bond motifs is 1. The summed E-state index contributed by atoms with van der Waals surface area (Å²) in [6.07, 6.45) is 1.47. The van der Waals surface area contributed by atoms with Crippen LogP contribution in [0.3, 0.4) is 0 Å². The van der Waals surface area contributed by atoms with Crippen molar-refractivity contribution in [1.29, 1.82) is 0 Å². The van der Waals surface area contributed by atoms with E-state index in [1.807, 2.05) is 43.3 Å². The minimum atomic E-state index is -3.35. The number of aliphatic hydroxyl groups excluding tert-OH is 1. The predicted octanol–water partition coefficient (Wildman–Crippen LogP) is 4.98. The lowest BCUT2D eigenvalue weighted by molar-refractivity contribution is -0.133. The molecule has 2 heterocycles. The molecule has 2 aliphatic rings. The van der Waals surface area contributed by atoms with Gasteiger partial charge < -0.3 is 23.6 Å². The number of carbonyl (C=O) groups is 2. The molecule has 2 amide bonds. The van der Waals surface area contributed by atoms with Crippen LogP contribution in [0.1, 0.15) is 37.9 Å². The van der Waals surface area contributed by atoms with Gasteiger partial charge in [-0.05, 0) is 56.3 Å². The van der Waals surface area contributed by atoms with E-state index in [0.717, 1.165) is 30.5 Å². The zero-order chi connectivity index (χ0) is 26.7. The zero-order valence-corrected chi connectivity index (χ0v) is 23.0. The van der Waals surface area contributed by atoms with Crippen LogP contribution in [-0.2, 0) is 14.3 Å². The summed E-state index contributed by atoms with van der Waals surface area (Å²) in [5, 5.41) is 9.67. The first kappa shape index (κ1) is 27.3. The van der Waals surface area contributed by atoms with Crippen molar-refractivity contribution >= 4 is 32.1 Å². The van der Waals surface area contributed by atoms with Gasteiger partial charge in [0.25, 0.3) is 0 Å². The molecule has 0 radical (unpaired) electrons. The third-order valence-electron chi connectivity index (χ3n) is 7.81. The quantitative estimate of drug-likeness (QED) is 0.282. The van der Waals surface area contributed by atoms with E-state index in [1.165, 1.54) is 0 Å². The van der Waals surface area contributed by atoms with E-state index in [0.29, 0.717) is 18.0 Å². The van der Waals surface area contributed by atoms with Crippen molar-refractivity contribution in [2.75, 3.05) is 25.2 Å². The molecular weight excluding hydrogens is 491 g/mol. The van der Waals surface area contributed by atoms with Crippen molar-refractivity contribution in [3.05, 3.63) is 54.1 Å². The molecule has 37 heavy (non-hydrogen) atoms. The second-order valence-electron chi connectivity index (χ2n) is 10.6. The number of hydrogen-bond donors (Lipinski definition) is 1. The fourth-order valence-electron chi connectivity index (χ4n) is 5.78. The number of hydrogen-bond acceptors (Lipinski definition) is 5. The van der Waals surface area contributed by atoms with Crippen LogP contribution in [0, 0.1) is 5.92 Å². The Morgan fingerprint density at radius 1 is 1.27 bits per heavy atom. The van der Waals surface area contributed by atoms with Gasteiger partial charge in [-0.2, -0.15) is 0 Å². The normalized spacial score (nSPS) is 24.2. The highest BCUT2D eigenvalue weighted by atomic mass is 28.4. The van der Waals surface area contributed by atoms with Crippen LogP contribution in [0.15, 0.2) is 48.5 Å². The summed E-state index contributed by atoms with van der Waals surface area (Å²) in [7, 11) is -1.74. The summed E-state index contributed by atoms with van der Waals surface area (Å²) in [5.74, 6) is 0.208. The zero-order valence-electron chi connectivity index (χ0n) is 22.0. The second-order valence-corrected chi connectivity index (χ2v) is 14.4. The molecule has 1 fully saturated rings. The van der Waals surface area contributed by atoms with Crippen molar-refractivity contribution in [1.82, 2.24) is 4.90 Å². The Hall–Kier alpha value is -2.75. The molecule has 1 N–H and O–H groups in total. The van der Waals surface area contributed by atoms with Crippen LogP contribution >= 0.6 is 0 Å². The Kier molecular flexibility index (Phi) is 8.35. The number of para-hydroxylation sites is 1. The number of benzene rings is 2. The molecule has 4 rings (SSSR count). The summed E-state index contributed by atoms with van der Waals surface area (Å²) in [4.78, 5) is 28.5. The molecule has 0 saturated carbocycles. The van der Waals surface area contributed by atoms with Crippen LogP contribution in [0.2, 0.25) is 18.6 Å². The maximum atomic E-state index is 15.8. The van der Waals surface area contributed by atoms with E-state index >= 15 is 4.11 Å². The largest absolute Gasteiger partial charge is 0.490 e. The number of methoxy groups -OCH3 is 1. The first-order valence-electron chi connectivity index (χ1n) is 12.9. The lowest BCUT2D eigenvalue weighted by Crippen LogP contribution is -2.48. The lowest BCUT2D eigenvalue weighted by atomic mass is 9.86. The van der Waals surface area contributed by atoms with Crippen LogP contribution in [-0.4, -0.2) is 63.1 Å². The monoisotopic (exact) mass is 528 g/mol. The molecule has 9 heteroatoms. The number of anilines is 2. The standard InChI is InChI=1S/C28H37FN2O5Si/c1-19-27(35-2)23-15-21(31(18-33)20-9-6-5-7-10-20)12-13-24(23)36-28(19)25(37(3,4)29)16-26(34)30-14-8-11-22(30)17-32/h5-7,9-10,12-13,15,18-19,22,25,27-28,32H,8,11,14,16-17H2,1-4H3/t19-,22-,25?,27-,28-/m0/s1. The molecular formula is C28H37FN2O5Si. The van der Waals surface area contributed by atoms with Gasteiger partial charge in [0.1, 0.15) is 11.9 Å². The van der Waals surface area contributed by atoms with Gasteiger partial charge in [0.2, 0.25) is 20.7 Å². The number of amides is 2. The Morgan fingerprint density at radius 3 is 2.62 bits per heavy atom. The van der Waals surface area contributed by atoms with Crippen molar-refractivity contribution in [2.45, 2.75) is 63.1 Å². The molecule has 1 unspecified atom stereocenters. The van der Waals surface area contributed by atoms with Gasteiger partial charge in [0.15, 0.2) is 0 Å². The van der Waals surface area contributed by atoms with Gasteiger partial charge in [-0.1, -0.05) is 25.1 Å². The summed E-state index contributed by atoms with van der Waals surface area (Å²) in [6.45, 7) is 5.72. The van der Waals surface area contributed by atoms with Gasteiger partial charge in [-0.25, -0.2) is 0 Å². The molecule has 2 aromatic rings. The third kappa shape index (κ3) is 5.58. The Labute approximate surface area is 219 Å². The minimum Gasteiger partial charge on any atom is -0.490 e. The lowest BCUT2D eigenvalue weighted by Gasteiger charge is -2.43. The molecule has 200 valence electrons. The number of carbonyl (C=O) groups excluding carboxylic acids is 2. The summed E-state index contributed by atoms with van der Waals surface area (Å²) in [6, 6.07) is 14.6. The molecule has 2 aliphatic heterocycles. The Morgan fingerprint density at radius 2 is 2.00 bits per heavy atom. The maximum absolute atomic E-state index is 15.8. The second kappa shape index (κ2) is 11.3. The van der Waals surface area contributed by atoms with Crippen molar-refractivity contribution in [3.63, 3.8) is 0 Å². The van der Waals surface area contributed by atoms with Crippen LogP contribution in [0.5, 0.6) is 5.75 Å². The highest BCUT2D eigenvalue weighted by Crippen LogP contribution is 2.48. The SMILES string of the molecule is CO[C@@H]1c2cc(N(C=O)c3ccccc3)ccc2O[C@H](C(CC(=O)N2CCC[C@H]2CO)[Si](C)(C)F)[C@H]1C. The van der Waals surface area contributed by atoms with E-state index in [2.05, 4.69) is 0 Å². The highest BCUT2D eigenvalue weighted by molar-refractivity contribution is 6.72. The number of ether oxygens (including phenoxy) is 2. The fraction of sp³-hybridized carbons (Fsp3) is 0.500. The van der Waals surface area contributed by atoms with Gasteiger partial charge in [0, 0.05) is 48.5 Å². The number of aliphatic hydroxyl groups is 1. The van der Waals surface area contributed by atoms with E-state index in [9.17, 15) is 14.7 Å². The Bertz CT molecular complexity index is 1100. The number of halogens is 1. The summed E-state index contributed by atoms with van der Waals surface area (Å²) >= 11 is 0. The molecule has 7 nitrogen and oxygen atoms in total. The van der Waals surface area contributed by atoms with E-state index in [1.54, 1.807) is 42.1 Å². The first-order valence-corrected chi connectivity index (χ1v) is 15.9. The Balaban J connectivity index is 1.64. The fourth-order valence-corrected chi connectivity index (χ4v) is 7.60. The third-order valence-corrected chi connectivity index (χ3v) is 10.1. The van der Waals surface area contributed by atoms with E-state index in [-0.39, 0.29) is 30.9 Å². The van der Waals surface area contributed by atoms with Gasteiger partial charge in [-0.15, -0.1) is 0 Å². The maximum Gasteiger partial charge on any atom is 0.248 e. The van der Waals surface area contributed by atoms with Gasteiger partial charge in [0.05, 0.1) is 18.8 Å². The summed E-state index contributed by atoms with van der Waals surface area (Å²) in [5.41, 5.74) is 1.61. The van der Waals surface area contributed by atoms with Crippen LogP contribution < -0.4 is 9.64 Å². The minimum absolute atomic E-state index is 0.0397. The first-order chi connectivity index (χ1) is 17.7. The van der Waals surface area contributed by atoms with Crippen LogP contribution in [0.25, 0.3) is 0 Å². The topological polar surface area (TPSA) is 79.3 Å². The van der Waals surface area contributed by atoms with Crippen molar-refractivity contribution < 1.29 is 28.3 Å². The molecule has 5 atom stereocenters. The van der Waals surface area contributed by atoms with Crippen LogP contribution in [0.4, 0.5) is 15.5 Å². The molecule has 2 aromatic carbocycles. The average Bonchev–Trinajstić information content (AvgIpc) is 3.37. The molecule has 0 aromatic heterocycles. The van der Waals surface area contributed by atoms with E-state index < -0.39 is 26.2 Å². The van der Waals surface area contributed by atoms with Gasteiger partial charge >= 0.3 is 0 Å². The molecule has 1 saturated heterocycles.